The summed E-state index contributed by atoms with van der Waals surface area (Å²) in [6, 6.07) is 18.5. The van der Waals surface area contributed by atoms with Crippen LogP contribution in [0.5, 0.6) is 0 Å². The fraction of sp³-hybridized carbons (Fsp3) is 0.646. The number of nitrogens with zero attached hydrogens (tertiary/aromatic N) is 1. The van der Waals surface area contributed by atoms with Gasteiger partial charge in [-0.1, -0.05) is 203 Å². The Bertz CT molecular complexity index is 1350. The molecule has 1 unspecified atom stereocenters. The van der Waals surface area contributed by atoms with E-state index in [9.17, 15) is 0 Å². The predicted octanol–water partition coefficient (Wildman–Crippen LogP) is 14.9. The standard InChI is InChI=1S/C48H74N/c1-7-9-11-13-15-17-19-21-23-25-32-40-41-33-26-27-34-42(41)47(3,4)43(40)36-31-38-46-48(5,6)44-35-28-29-37-45(44)49(46)39-30-24-22-20-18-16-14-12-10-8-2/h26-29,31,33-38,40H,7-25,30,32,39H2,1-6H3/q+1. The lowest BCUT2D eigenvalue weighted by Crippen LogP contribution is -2.28. The SMILES string of the molecule is CCCCCCCCCCCCC1C(=CC=CC2=[N+](CCCCCCCCCCCC)c3ccccc3C2(C)C)C(C)(C)c2ccccc21. The molecule has 0 spiro atoms. The topological polar surface area (TPSA) is 3.01 Å². The monoisotopic (exact) mass is 665 g/mol. The summed E-state index contributed by atoms with van der Waals surface area (Å²) < 4.78 is 2.66. The predicted molar refractivity (Wildman–Crippen MR) is 217 cm³/mol. The summed E-state index contributed by atoms with van der Waals surface area (Å²) >= 11 is 0. The first-order chi connectivity index (χ1) is 23.8. The molecule has 2 aromatic carbocycles. The van der Waals surface area contributed by atoms with Crippen LogP contribution in [-0.4, -0.2) is 16.8 Å². The smallest absolute Gasteiger partial charge is 0.195 e. The lowest BCUT2D eigenvalue weighted by molar-refractivity contribution is -0.438. The van der Waals surface area contributed by atoms with Crippen molar-refractivity contribution in [2.45, 2.75) is 193 Å². The van der Waals surface area contributed by atoms with Gasteiger partial charge in [-0.05, 0) is 37.8 Å². The molecular formula is C48H74N+. The summed E-state index contributed by atoms with van der Waals surface area (Å²) in [5, 5.41) is 0. The van der Waals surface area contributed by atoms with E-state index < -0.39 is 0 Å². The molecule has 1 aliphatic carbocycles. The third kappa shape index (κ3) is 10.8. The van der Waals surface area contributed by atoms with E-state index in [0.717, 1.165) is 6.54 Å². The molecule has 0 saturated heterocycles. The van der Waals surface area contributed by atoms with Crippen molar-refractivity contribution in [3.63, 3.8) is 0 Å². The van der Waals surface area contributed by atoms with Crippen LogP contribution < -0.4 is 0 Å². The minimum Gasteiger partial charge on any atom is -0.195 e. The van der Waals surface area contributed by atoms with Gasteiger partial charge in [0, 0.05) is 35.5 Å². The molecule has 2 aliphatic rings. The zero-order chi connectivity index (χ0) is 35.0. The van der Waals surface area contributed by atoms with Crippen molar-refractivity contribution < 1.29 is 4.58 Å². The second-order valence-corrected chi connectivity index (χ2v) is 16.6. The molecule has 0 radical (unpaired) electrons. The first-order valence-electron chi connectivity index (χ1n) is 21.1. The van der Waals surface area contributed by atoms with Crippen molar-refractivity contribution in [1.29, 1.82) is 0 Å². The number of benzene rings is 2. The molecule has 0 saturated carbocycles. The van der Waals surface area contributed by atoms with Crippen molar-refractivity contribution in [2.75, 3.05) is 6.54 Å². The summed E-state index contributed by atoms with van der Waals surface area (Å²) in [4.78, 5) is 0. The van der Waals surface area contributed by atoms with Gasteiger partial charge in [-0.2, -0.15) is 4.58 Å². The largest absolute Gasteiger partial charge is 0.209 e. The van der Waals surface area contributed by atoms with Crippen LogP contribution in [0.3, 0.4) is 0 Å². The van der Waals surface area contributed by atoms with E-state index in [4.69, 9.17) is 0 Å². The fourth-order valence-electron chi connectivity index (χ4n) is 8.98. The Balaban J connectivity index is 1.42. The molecule has 0 N–H and O–H groups in total. The molecule has 0 aromatic heterocycles. The molecule has 270 valence electrons. The van der Waals surface area contributed by atoms with Crippen LogP contribution in [0, 0.1) is 0 Å². The van der Waals surface area contributed by atoms with Crippen LogP contribution in [0.15, 0.2) is 72.3 Å². The third-order valence-corrected chi connectivity index (χ3v) is 12.0. The number of rotatable bonds is 24. The molecular weight excluding hydrogens is 591 g/mol. The van der Waals surface area contributed by atoms with Gasteiger partial charge in [0.2, 0.25) is 5.69 Å². The number of unbranched alkanes of at least 4 members (excludes halogenated alkanes) is 18. The van der Waals surface area contributed by atoms with Crippen molar-refractivity contribution in [3.05, 3.63) is 89.0 Å². The maximum atomic E-state index is 2.66. The summed E-state index contributed by atoms with van der Waals surface area (Å²) in [6.45, 7) is 15.5. The maximum absolute atomic E-state index is 2.66. The van der Waals surface area contributed by atoms with E-state index in [1.807, 2.05) is 0 Å². The van der Waals surface area contributed by atoms with Crippen LogP contribution in [0.2, 0.25) is 0 Å². The van der Waals surface area contributed by atoms with Gasteiger partial charge in [-0.15, -0.1) is 0 Å². The Labute approximate surface area is 303 Å². The molecule has 0 bridgehead atoms. The Morgan fingerprint density at radius 1 is 0.551 bits per heavy atom. The van der Waals surface area contributed by atoms with Crippen molar-refractivity contribution in [3.8, 4) is 0 Å². The molecule has 4 rings (SSSR count). The van der Waals surface area contributed by atoms with Gasteiger partial charge >= 0.3 is 0 Å². The lowest BCUT2D eigenvalue weighted by Gasteiger charge is -2.24. The molecule has 1 heterocycles. The van der Waals surface area contributed by atoms with E-state index in [1.165, 1.54) is 157 Å². The number of para-hydroxylation sites is 1. The van der Waals surface area contributed by atoms with Crippen LogP contribution in [0.25, 0.3) is 0 Å². The molecule has 49 heavy (non-hydrogen) atoms. The summed E-state index contributed by atoms with van der Waals surface area (Å²) in [7, 11) is 0. The Morgan fingerprint density at radius 2 is 1.04 bits per heavy atom. The number of hydrogen-bond donors (Lipinski definition) is 0. The van der Waals surface area contributed by atoms with Crippen molar-refractivity contribution >= 4 is 11.4 Å². The molecule has 1 aliphatic heterocycles. The second kappa shape index (κ2) is 20.4. The van der Waals surface area contributed by atoms with E-state index in [1.54, 1.807) is 11.1 Å². The Hall–Kier alpha value is -2.41. The molecule has 2 aromatic rings. The Kier molecular flexibility index (Phi) is 16.4. The van der Waals surface area contributed by atoms with Crippen LogP contribution >= 0.6 is 0 Å². The van der Waals surface area contributed by atoms with Crippen LogP contribution in [-0.2, 0) is 10.8 Å². The highest BCUT2D eigenvalue weighted by Gasteiger charge is 2.44. The number of hydrogen-bond acceptors (Lipinski definition) is 0. The lowest BCUT2D eigenvalue weighted by atomic mass is 9.79. The zero-order valence-corrected chi connectivity index (χ0v) is 32.9. The van der Waals surface area contributed by atoms with E-state index >= 15 is 0 Å². The third-order valence-electron chi connectivity index (χ3n) is 12.0. The summed E-state index contributed by atoms with van der Waals surface area (Å²) in [6.07, 6.45) is 36.5. The highest BCUT2D eigenvalue weighted by molar-refractivity contribution is 6.03. The average molecular weight is 665 g/mol. The minimum atomic E-state index is 0.00759. The van der Waals surface area contributed by atoms with Gasteiger partial charge in [-0.25, -0.2) is 0 Å². The second-order valence-electron chi connectivity index (χ2n) is 16.6. The van der Waals surface area contributed by atoms with Gasteiger partial charge in [0.1, 0.15) is 6.54 Å². The minimum absolute atomic E-state index is 0.00759. The van der Waals surface area contributed by atoms with Crippen LogP contribution in [0.1, 0.15) is 199 Å². The molecule has 0 amide bonds. The van der Waals surface area contributed by atoms with Crippen LogP contribution in [0.4, 0.5) is 5.69 Å². The van der Waals surface area contributed by atoms with Gasteiger partial charge in [-0.3, -0.25) is 0 Å². The highest BCUT2D eigenvalue weighted by atomic mass is 15.1. The van der Waals surface area contributed by atoms with Crippen molar-refractivity contribution in [1.82, 2.24) is 0 Å². The first-order valence-corrected chi connectivity index (χ1v) is 21.1. The maximum Gasteiger partial charge on any atom is 0.209 e. The quantitative estimate of drug-likeness (QED) is 0.0776. The molecule has 0 fully saturated rings. The average Bonchev–Trinajstić information content (AvgIpc) is 3.45. The fourth-order valence-corrected chi connectivity index (χ4v) is 8.98. The first kappa shape index (κ1) is 39.4. The summed E-state index contributed by atoms with van der Waals surface area (Å²) in [5.41, 5.74) is 9.15. The number of allylic oxidation sites excluding steroid dienone is 4. The highest BCUT2D eigenvalue weighted by Crippen LogP contribution is 2.52. The van der Waals surface area contributed by atoms with Gasteiger partial charge < -0.3 is 0 Å². The molecule has 1 nitrogen and oxygen atoms in total. The van der Waals surface area contributed by atoms with E-state index in [-0.39, 0.29) is 10.8 Å². The van der Waals surface area contributed by atoms with E-state index in [2.05, 4.69) is 113 Å². The summed E-state index contributed by atoms with van der Waals surface area (Å²) in [5.74, 6) is 0.534. The van der Waals surface area contributed by atoms with Gasteiger partial charge in [0.05, 0.1) is 5.41 Å². The van der Waals surface area contributed by atoms with Gasteiger partial charge in [0.25, 0.3) is 0 Å². The number of fused-ring (bicyclic) bond motifs is 2. The molecule has 1 heteroatoms. The van der Waals surface area contributed by atoms with E-state index in [0.29, 0.717) is 5.92 Å². The Morgan fingerprint density at radius 3 is 1.63 bits per heavy atom. The zero-order valence-electron chi connectivity index (χ0n) is 32.9. The van der Waals surface area contributed by atoms with Gasteiger partial charge in [0.15, 0.2) is 5.71 Å². The normalized spacial score (nSPS) is 18.6. The molecule has 1 atom stereocenters. The van der Waals surface area contributed by atoms with Crippen molar-refractivity contribution in [2.24, 2.45) is 0 Å².